The fourth-order valence-electron chi connectivity index (χ4n) is 4.16. The third-order valence-corrected chi connectivity index (χ3v) is 8.02. The van der Waals surface area contributed by atoms with E-state index in [9.17, 15) is 14.4 Å². The number of carbonyl (C=O) groups excluding carboxylic acids is 2. The summed E-state index contributed by atoms with van der Waals surface area (Å²) >= 11 is 2.59. The van der Waals surface area contributed by atoms with Crippen molar-refractivity contribution in [1.82, 2.24) is 9.97 Å². The second-order valence-electron chi connectivity index (χ2n) is 9.03. The number of nitrogens with zero attached hydrogens (tertiary/aromatic N) is 2. The van der Waals surface area contributed by atoms with E-state index in [0.717, 1.165) is 11.1 Å². The van der Waals surface area contributed by atoms with Crippen molar-refractivity contribution >= 4 is 50.7 Å². The van der Waals surface area contributed by atoms with E-state index < -0.39 is 6.10 Å². The molecule has 0 spiro atoms. The number of aromatic amines is 1. The molecule has 1 aliphatic rings. The Morgan fingerprint density at radius 2 is 1.94 bits per heavy atom. The van der Waals surface area contributed by atoms with Crippen molar-refractivity contribution in [2.45, 2.75) is 37.9 Å². The highest BCUT2D eigenvalue weighted by Gasteiger charge is 2.29. The Labute approximate surface area is 216 Å². The molecule has 1 amide bonds. The number of amides is 1. The maximum absolute atomic E-state index is 13.0. The van der Waals surface area contributed by atoms with Crippen LogP contribution in [0.5, 0.6) is 5.75 Å². The number of rotatable bonds is 6. The van der Waals surface area contributed by atoms with Crippen molar-refractivity contribution in [3.05, 3.63) is 69.3 Å². The molecule has 1 unspecified atom stereocenters. The molecule has 0 aliphatic carbocycles. The number of hydrogen-bond acceptors (Lipinski definition) is 7. The minimum absolute atomic E-state index is 0.0943. The summed E-state index contributed by atoms with van der Waals surface area (Å²) in [5, 5.41) is 2.90. The monoisotopic (exact) mass is 519 g/mol. The van der Waals surface area contributed by atoms with Crippen LogP contribution in [-0.2, 0) is 4.79 Å². The zero-order valence-corrected chi connectivity index (χ0v) is 22.0. The van der Waals surface area contributed by atoms with Gasteiger partial charge in [-0.3, -0.25) is 14.4 Å². The molecule has 184 valence electrons. The van der Waals surface area contributed by atoms with Crippen molar-refractivity contribution in [3.63, 3.8) is 0 Å². The van der Waals surface area contributed by atoms with Gasteiger partial charge in [-0.15, -0.1) is 11.3 Å². The molecule has 9 heteroatoms. The number of carbonyl (C=O) groups is 2. The first-order valence-corrected chi connectivity index (χ1v) is 13.5. The number of likely N-dealkylation sites (N-methyl/N-ethyl adjacent to an activating group) is 1. The van der Waals surface area contributed by atoms with Crippen LogP contribution in [0.1, 0.15) is 42.6 Å². The first-order chi connectivity index (χ1) is 17.2. The third-order valence-electron chi connectivity index (χ3n) is 6.27. The number of hydrogen-bond donors (Lipinski definition) is 1. The second-order valence-corrected chi connectivity index (χ2v) is 10.9. The average molecular weight is 520 g/mol. The van der Waals surface area contributed by atoms with E-state index in [2.05, 4.69) is 35.9 Å². The summed E-state index contributed by atoms with van der Waals surface area (Å²) in [4.78, 5) is 47.6. The summed E-state index contributed by atoms with van der Waals surface area (Å²) < 4.78 is 5.63. The first kappa shape index (κ1) is 24.3. The number of thiophene rings is 1. The standard InChI is InChI=1S/C27H25N3O4S2/c1-14(2)16-5-7-17(8-6-16)19-12-35-25-23(19)24(32)28-27(29-25)36-13-21(31)18-9-10-22-20(11-18)30(4)26(33)15(3)34-22/h5-12,14-15H,13H2,1-4H3,(H,28,29,32). The highest BCUT2D eigenvalue weighted by Crippen LogP contribution is 2.35. The normalized spacial score (nSPS) is 15.3. The molecule has 7 nitrogen and oxygen atoms in total. The minimum atomic E-state index is -0.561. The lowest BCUT2D eigenvalue weighted by molar-refractivity contribution is -0.125. The van der Waals surface area contributed by atoms with Crippen molar-refractivity contribution in [2.75, 3.05) is 17.7 Å². The maximum Gasteiger partial charge on any atom is 0.267 e. The van der Waals surface area contributed by atoms with Crippen LogP contribution in [0.2, 0.25) is 0 Å². The van der Waals surface area contributed by atoms with E-state index in [-0.39, 0.29) is 23.0 Å². The molecule has 1 atom stereocenters. The lowest BCUT2D eigenvalue weighted by Gasteiger charge is -2.30. The molecule has 0 saturated carbocycles. The average Bonchev–Trinajstić information content (AvgIpc) is 3.30. The van der Waals surface area contributed by atoms with E-state index in [1.807, 2.05) is 17.5 Å². The number of benzene rings is 2. The van der Waals surface area contributed by atoms with Crippen LogP contribution in [0.25, 0.3) is 21.3 Å². The van der Waals surface area contributed by atoms with Gasteiger partial charge in [0.05, 0.1) is 16.8 Å². The summed E-state index contributed by atoms with van der Waals surface area (Å²) in [6.45, 7) is 5.99. The highest BCUT2D eigenvalue weighted by atomic mass is 32.2. The van der Waals surface area contributed by atoms with Crippen molar-refractivity contribution in [1.29, 1.82) is 0 Å². The topological polar surface area (TPSA) is 92.4 Å². The molecule has 5 rings (SSSR count). The Bertz CT molecular complexity index is 1540. The van der Waals surface area contributed by atoms with Gasteiger partial charge in [0.2, 0.25) is 0 Å². The van der Waals surface area contributed by atoms with Crippen LogP contribution < -0.4 is 15.2 Å². The van der Waals surface area contributed by atoms with Gasteiger partial charge in [0, 0.05) is 23.6 Å². The van der Waals surface area contributed by atoms with Crippen LogP contribution >= 0.6 is 23.1 Å². The lowest BCUT2D eigenvalue weighted by Crippen LogP contribution is -2.42. The molecule has 2 aromatic carbocycles. The number of ether oxygens (including phenoxy) is 1. The van der Waals surface area contributed by atoms with Gasteiger partial charge in [-0.1, -0.05) is 49.9 Å². The zero-order valence-electron chi connectivity index (χ0n) is 20.3. The number of nitrogens with one attached hydrogen (secondary N) is 1. The van der Waals surface area contributed by atoms with Gasteiger partial charge < -0.3 is 14.6 Å². The molecular weight excluding hydrogens is 494 g/mol. The first-order valence-electron chi connectivity index (χ1n) is 11.6. The van der Waals surface area contributed by atoms with Crippen molar-refractivity contribution in [3.8, 4) is 16.9 Å². The molecule has 0 saturated heterocycles. The lowest BCUT2D eigenvalue weighted by atomic mass is 9.99. The summed E-state index contributed by atoms with van der Waals surface area (Å²) in [5.74, 6) is 0.798. The number of H-pyrrole nitrogens is 1. The SMILES string of the molecule is CC1Oc2ccc(C(=O)CSc3nc4scc(-c5ccc(C(C)C)cc5)c4c(=O)[nH]3)cc2N(C)C1=O. The number of aromatic nitrogens is 2. The van der Waals surface area contributed by atoms with Gasteiger partial charge >= 0.3 is 0 Å². The largest absolute Gasteiger partial charge is 0.479 e. The Hall–Kier alpha value is -3.43. The van der Waals surface area contributed by atoms with Gasteiger partial charge in [0.15, 0.2) is 17.0 Å². The summed E-state index contributed by atoms with van der Waals surface area (Å²) in [6.07, 6.45) is -0.561. The quantitative estimate of drug-likeness (QED) is 0.206. The van der Waals surface area contributed by atoms with Crippen LogP contribution in [-0.4, -0.2) is 40.6 Å². The van der Waals surface area contributed by atoms with Crippen LogP contribution in [0, 0.1) is 0 Å². The zero-order chi connectivity index (χ0) is 25.6. The molecule has 3 heterocycles. The molecule has 0 fully saturated rings. The molecule has 0 radical (unpaired) electrons. The van der Waals surface area contributed by atoms with Gasteiger partial charge in [0.1, 0.15) is 10.6 Å². The van der Waals surface area contributed by atoms with Crippen LogP contribution in [0.15, 0.2) is 57.8 Å². The van der Waals surface area contributed by atoms with Gasteiger partial charge in [0.25, 0.3) is 11.5 Å². The summed E-state index contributed by atoms with van der Waals surface area (Å²) in [7, 11) is 1.67. The molecule has 0 bridgehead atoms. The second kappa shape index (κ2) is 9.55. The highest BCUT2D eigenvalue weighted by molar-refractivity contribution is 7.99. The Balaban J connectivity index is 1.34. The maximum atomic E-state index is 13.0. The fraction of sp³-hybridized carbons (Fsp3) is 0.259. The van der Waals surface area contributed by atoms with E-state index in [1.54, 1.807) is 32.2 Å². The Kier molecular flexibility index (Phi) is 6.44. The molecule has 2 aromatic heterocycles. The van der Waals surface area contributed by atoms with Gasteiger partial charge in [-0.05, 0) is 42.2 Å². The van der Waals surface area contributed by atoms with Gasteiger partial charge in [-0.2, -0.15) is 0 Å². The van der Waals surface area contributed by atoms with Crippen molar-refractivity contribution < 1.29 is 14.3 Å². The summed E-state index contributed by atoms with van der Waals surface area (Å²) in [6, 6.07) is 13.3. The number of ketones is 1. The molecule has 36 heavy (non-hydrogen) atoms. The fourth-order valence-corrected chi connectivity index (χ4v) is 5.92. The summed E-state index contributed by atoms with van der Waals surface area (Å²) in [5.41, 5.74) is 3.88. The van der Waals surface area contributed by atoms with E-state index in [4.69, 9.17) is 4.74 Å². The predicted octanol–water partition coefficient (Wildman–Crippen LogP) is 5.49. The van der Waals surface area contributed by atoms with Gasteiger partial charge in [-0.25, -0.2) is 4.98 Å². The third kappa shape index (κ3) is 4.44. The number of fused-ring (bicyclic) bond motifs is 2. The van der Waals surface area contributed by atoms with E-state index in [1.165, 1.54) is 33.6 Å². The Morgan fingerprint density at radius 3 is 2.67 bits per heavy atom. The van der Waals surface area contributed by atoms with Crippen LogP contribution in [0.3, 0.4) is 0 Å². The van der Waals surface area contributed by atoms with Crippen molar-refractivity contribution in [2.24, 2.45) is 0 Å². The number of anilines is 1. The number of Topliss-reactive ketones (excluding diaryl/α,β-unsaturated/α-hetero) is 1. The molecular formula is C27H25N3O4S2. The van der Waals surface area contributed by atoms with E-state index in [0.29, 0.717) is 38.3 Å². The molecule has 1 aliphatic heterocycles. The molecule has 4 aromatic rings. The molecule has 1 N–H and O–H groups in total. The number of thioether (sulfide) groups is 1. The smallest absolute Gasteiger partial charge is 0.267 e. The van der Waals surface area contributed by atoms with Crippen LogP contribution in [0.4, 0.5) is 5.69 Å². The minimum Gasteiger partial charge on any atom is -0.479 e. The Morgan fingerprint density at radius 1 is 1.19 bits per heavy atom. The predicted molar refractivity (Wildman–Crippen MR) is 145 cm³/mol. The van der Waals surface area contributed by atoms with E-state index >= 15 is 0 Å².